The lowest BCUT2D eigenvalue weighted by Crippen LogP contribution is -2.20. The van der Waals surface area contributed by atoms with Gasteiger partial charge < -0.3 is 20.5 Å². The second kappa shape index (κ2) is 6.12. The quantitative estimate of drug-likeness (QED) is 0.750. The Bertz CT molecular complexity index is 333. The Labute approximate surface area is 95.2 Å². The van der Waals surface area contributed by atoms with E-state index >= 15 is 0 Å². The normalized spacial score (nSPS) is 12.2. The van der Waals surface area contributed by atoms with Gasteiger partial charge in [-0.25, -0.2) is 9.97 Å². The highest BCUT2D eigenvalue weighted by Crippen LogP contribution is 2.25. The van der Waals surface area contributed by atoms with Crippen molar-refractivity contribution in [3.63, 3.8) is 0 Å². The molecule has 0 aliphatic heterocycles. The topological polar surface area (TPSA) is 82.3 Å². The van der Waals surface area contributed by atoms with Crippen LogP contribution in [0.15, 0.2) is 6.33 Å². The summed E-state index contributed by atoms with van der Waals surface area (Å²) in [7, 11) is 1.53. The third-order valence-corrected chi connectivity index (χ3v) is 2.04. The van der Waals surface area contributed by atoms with E-state index in [0.717, 1.165) is 0 Å². The SMILES string of the molecule is CCOC(C)CNc1ncnc(N)c1OC. The maximum atomic E-state index is 5.65. The second-order valence-electron chi connectivity index (χ2n) is 3.29. The lowest BCUT2D eigenvalue weighted by molar-refractivity contribution is 0.0854. The zero-order chi connectivity index (χ0) is 12.0. The number of aromatic nitrogens is 2. The third-order valence-electron chi connectivity index (χ3n) is 2.04. The summed E-state index contributed by atoms with van der Waals surface area (Å²) in [6.07, 6.45) is 1.50. The molecule has 1 unspecified atom stereocenters. The van der Waals surface area contributed by atoms with Gasteiger partial charge in [-0.1, -0.05) is 0 Å². The van der Waals surface area contributed by atoms with Crippen molar-refractivity contribution >= 4 is 11.6 Å². The Hall–Kier alpha value is -1.56. The first kappa shape index (κ1) is 12.5. The molecule has 1 rings (SSSR count). The molecule has 1 heterocycles. The van der Waals surface area contributed by atoms with Crippen LogP contribution in [0.4, 0.5) is 11.6 Å². The van der Waals surface area contributed by atoms with E-state index in [2.05, 4.69) is 15.3 Å². The largest absolute Gasteiger partial charge is 0.490 e. The van der Waals surface area contributed by atoms with Crippen molar-refractivity contribution in [1.29, 1.82) is 0 Å². The lowest BCUT2D eigenvalue weighted by Gasteiger charge is -2.15. The second-order valence-corrected chi connectivity index (χ2v) is 3.29. The first-order chi connectivity index (χ1) is 7.69. The molecule has 1 aromatic heterocycles. The zero-order valence-electron chi connectivity index (χ0n) is 9.86. The van der Waals surface area contributed by atoms with Gasteiger partial charge in [0.25, 0.3) is 0 Å². The molecule has 0 fully saturated rings. The summed E-state index contributed by atoms with van der Waals surface area (Å²) in [5, 5.41) is 3.11. The molecule has 0 aliphatic carbocycles. The molecule has 0 bridgehead atoms. The van der Waals surface area contributed by atoms with Gasteiger partial charge in [-0.3, -0.25) is 0 Å². The van der Waals surface area contributed by atoms with E-state index in [0.29, 0.717) is 30.5 Å². The molecule has 16 heavy (non-hydrogen) atoms. The number of methoxy groups -OCH3 is 1. The van der Waals surface area contributed by atoms with E-state index in [1.165, 1.54) is 13.4 Å². The van der Waals surface area contributed by atoms with Gasteiger partial charge in [0.15, 0.2) is 11.6 Å². The molecule has 0 saturated carbocycles. The number of rotatable bonds is 6. The predicted octanol–water partition coefficient (Wildman–Crippen LogP) is 0.904. The van der Waals surface area contributed by atoms with Crippen LogP contribution in [0.25, 0.3) is 0 Å². The number of hydrogen-bond acceptors (Lipinski definition) is 6. The number of anilines is 2. The first-order valence-electron chi connectivity index (χ1n) is 5.19. The Balaban J connectivity index is 2.63. The van der Waals surface area contributed by atoms with Crippen molar-refractivity contribution in [2.45, 2.75) is 20.0 Å². The van der Waals surface area contributed by atoms with E-state index in [1.807, 2.05) is 13.8 Å². The fourth-order valence-corrected chi connectivity index (χ4v) is 1.30. The smallest absolute Gasteiger partial charge is 0.203 e. The lowest BCUT2D eigenvalue weighted by atomic mass is 10.4. The number of ether oxygens (including phenoxy) is 2. The number of hydrogen-bond donors (Lipinski definition) is 2. The molecule has 3 N–H and O–H groups in total. The molecule has 0 aliphatic rings. The fraction of sp³-hybridized carbons (Fsp3) is 0.600. The molecule has 0 saturated heterocycles. The summed E-state index contributed by atoms with van der Waals surface area (Å²) >= 11 is 0. The van der Waals surface area contributed by atoms with Crippen LogP contribution in [0, 0.1) is 0 Å². The van der Waals surface area contributed by atoms with Crippen LogP contribution in [0.1, 0.15) is 13.8 Å². The molecule has 0 aromatic carbocycles. The van der Waals surface area contributed by atoms with E-state index in [4.69, 9.17) is 15.2 Å². The highest BCUT2D eigenvalue weighted by atomic mass is 16.5. The predicted molar refractivity (Wildman–Crippen MR) is 62.6 cm³/mol. The van der Waals surface area contributed by atoms with Crippen LogP contribution in [0.5, 0.6) is 5.75 Å². The van der Waals surface area contributed by atoms with Crippen LogP contribution in [-0.4, -0.2) is 36.3 Å². The van der Waals surface area contributed by atoms with Crippen molar-refractivity contribution in [2.24, 2.45) is 0 Å². The molecule has 6 nitrogen and oxygen atoms in total. The zero-order valence-corrected chi connectivity index (χ0v) is 9.86. The van der Waals surface area contributed by atoms with E-state index in [9.17, 15) is 0 Å². The van der Waals surface area contributed by atoms with Gasteiger partial charge in [-0.15, -0.1) is 0 Å². The Morgan fingerprint density at radius 1 is 1.50 bits per heavy atom. The van der Waals surface area contributed by atoms with E-state index < -0.39 is 0 Å². The van der Waals surface area contributed by atoms with Crippen molar-refractivity contribution in [2.75, 3.05) is 31.3 Å². The third kappa shape index (κ3) is 3.23. The van der Waals surface area contributed by atoms with Crippen LogP contribution in [-0.2, 0) is 4.74 Å². The molecule has 0 amide bonds. The summed E-state index contributed by atoms with van der Waals surface area (Å²) in [5.74, 6) is 1.37. The van der Waals surface area contributed by atoms with Crippen molar-refractivity contribution in [3.05, 3.63) is 6.33 Å². The summed E-state index contributed by atoms with van der Waals surface area (Å²) in [5.41, 5.74) is 5.65. The van der Waals surface area contributed by atoms with Gasteiger partial charge >= 0.3 is 0 Å². The van der Waals surface area contributed by atoms with Gasteiger partial charge in [-0.2, -0.15) is 0 Å². The molecule has 1 aromatic rings. The number of nitrogens with two attached hydrogens (primary N) is 1. The number of nitrogen functional groups attached to an aromatic ring is 1. The average Bonchev–Trinajstić information content (AvgIpc) is 2.27. The van der Waals surface area contributed by atoms with Gasteiger partial charge in [0, 0.05) is 13.2 Å². The van der Waals surface area contributed by atoms with Gasteiger partial charge in [0.1, 0.15) is 6.33 Å². The van der Waals surface area contributed by atoms with E-state index in [1.54, 1.807) is 0 Å². The summed E-state index contributed by atoms with van der Waals surface area (Å²) in [6.45, 7) is 5.26. The highest BCUT2D eigenvalue weighted by molar-refractivity contribution is 5.61. The van der Waals surface area contributed by atoms with Crippen LogP contribution in [0.2, 0.25) is 0 Å². The van der Waals surface area contributed by atoms with Gasteiger partial charge in [0.2, 0.25) is 5.75 Å². The molecule has 1 atom stereocenters. The highest BCUT2D eigenvalue weighted by Gasteiger charge is 2.10. The minimum Gasteiger partial charge on any atom is -0.490 e. The Kier molecular flexibility index (Phi) is 4.78. The van der Waals surface area contributed by atoms with Crippen LogP contribution in [0.3, 0.4) is 0 Å². The summed E-state index contributed by atoms with van der Waals surface area (Å²) in [4.78, 5) is 7.90. The Morgan fingerprint density at radius 2 is 2.25 bits per heavy atom. The van der Waals surface area contributed by atoms with Crippen molar-refractivity contribution in [3.8, 4) is 5.75 Å². The number of nitrogens with zero attached hydrogens (tertiary/aromatic N) is 2. The standard InChI is InChI=1S/C10H18N4O2/c1-4-16-7(2)5-12-10-8(15-3)9(11)13-6-14-10/h6-7H,4-5H2,1-3H3,(H3,11,12,13,14). The van der Waals surface area contributed by atoms with Crippen LogP contribution < -0.4 is 15.8 Å². The summed E-state index contributed by atoms with van der Waals surface area (Å²) < 4.78 is 10.5. The first-order valence-corrected chi connectivity index (χ1v) is 5.19. The monoisotopic (exact) mass is 226 g/mol. The van der Waals surface area contributed by atoms with Crippen molar-refractivity contribution < 1.29 is 9.47 Å². The van der Waals surface area contributed by atoms with Crippen LogP contribution >= 0.6 is 0 Å². The maximum absolute atomic E-state index is 5.65. The van der Waals surface area contributed by atoms with E-state index in [-0.39, 0.29) is 6.10 Å². The maximum Gasteiger partial charge on any atom is 0.203 e. The molecular formula is C10H18N4O2. The van der Waals surface area contributed by atoms with Crippen molar-refractivity contribution in [1.82, 2.24) is 9.97 Å². The molecule has 0 spiro atoms. The fourth-order valence-electron chi connectivity index (χ4n) is 1.30. The Morgan fingerprint density at radius 3 is 2.88 bits per heavy atom. The van der Waals surface area contributed by atoms with Gasteiger partial charge in [0.05, 0.1) is 13.2 Å². The molecule has 90 valence electrons. The minimum atomic E-state index is 0.103. The average molecular weight is 226 g/mol. The molecule has 0 radical (unpaired) electrons. The number of nitrogens with one attached hydrogen (secondary N) is 1. The van der Waals surface area contributed by atoms with Gasteiger partial charge in [-0.05, 0) is 13.8 Å². The molecular weight excluding hydrogens is 208 g/mol. The minimum absolute atomic E-state index is 0.103. The molecule has 6 heteroatoms. The summed E-state index contributed by atoms with van der Waals surface area (Å²) in [6, 6.07) is 0.